The van der Waals surface area contributed by atoms with E-state index in [2.05, 4.69) is 45.9 Å². The van der Waals surface area contributed by atoms with Gasteiger partial charge in [0.1, 0.15) is 0 Å². The van der Waals surface area contributed by atoms with Crippen LogP contribution in [0.15, 0.2) is 36.5 Å². The third-order valence-electron chi connectivity index (χ3n) is 6.11. The quantitative estimate of drug-likeness (QED) is 0.819. The molecule has 1 saturated carbocycles. The predicted octanol–water partition coefficient (Wildman–Crippen LogP) is 4.42. The molecule has 1 saturated heterocycles. The number of hydrogen-bond acceptors (Lipinski definition) is 3. The first-order valence-corrected chi connectivity index (χ1v) is 10.2. The second-order valence-electron chi connectivity index (χ2n) is 7.97. The highest BCUT2D eigenvalue weighted by molar-refractivity contribution is 5.78. The summed E-state index contributed by atoms with van der Waals surface area (Å²) in [6.45, 7) is 2.11. The molecule has 0 bridgehead atoms. The molecule has 1 aliphatic carbocycles. The number of para-hydroxylation sites is 1. The predicted molar refractivity (Wildman–Crippen MR) is 105 cm³/mol. The molecule has 0 radical (unpaired) electrons. The topological polar surface area (TPSA) is 37.0 Å². The van der Waals surface area contributed by atoms with Gasteiger partial charge in [-0.15, -0.1) is 0 Å². The first kappa shape index (κ1) is 17.0. The molecule has 2 unspecified atom stereocenters. The lowest BCUT2D eigenvalue weighted by Gasteiger charge is -2.31. The van der Waals surface area contributed by atoms with Gasteiger partial charge in [-0.25, -0.2) is 0 Å². The van der Waals surface area contributed by atoms with Crippen LogP contribution >= 0.6 is 0 Å². The Labute approximate surface area is 151 Å². The van der Waals surface area contributed by atoms with Crippen molar-refractivity contribution in [3.8, 4) is 0 Å². The Morgan fingerprint density at radius 1 is 1.08 bits per heavy atom. The molecule has 1 aromatic heterocycles. The van der Waals surface area contributed by atoms with Gasteiger partial charge in [-0.2, -0.15) is 0 Å². The van der Waals surface area contributed by atoms with Crippen LogP contribution in [-0.4, -0.2) is 23.6 Å². The molecule has 2 heterocycles. The van der Waals surface area contributed by atoms with Crippen molar-refractivity contribution >= 4 is 10.9 Å². The third kappa shape index (κ3) is 4.39. The molecule has 4 rings (SSSR count). The van der Waals surface area contributed by atoms with E-state index in [-0.39, 0.29) is 0 Å². The average molecular weight is 338 g/mol. The zero-order valence-electron chi connectivity index (χ0n) is 15.2. The molecule has 0 spiro atoms. The summed E-state index contributed by atoms with van der Waals surface area (Å²) >= 11 is 0. The van der Waals surface area contributed by atoms with Gasteiger partial charge in [-0.05, 0) is 49.4 Å². The molecular weight excluding hydrogens is 306 g/mol. The minimum absolute atomic E-state index is 0.595. The number of nitrogens with one attached hydrogen (secondary N) is 2. The molecular formula is C22H31N3. The van der Waals surface area contributed by atoms with Crippen LogP contribution in [0.2, 0.25) is 0 Å². The molecule has 134 valence electrons. The lowest BCUT2D eigenvalue weighted by Crippen LogP contribution is -2.45. The van der Waals surface area contributed by atoms with E-state index in [4.69, 9.17) is 0 Å². The highest BCUT2D eigenvalue weighted by atomic mass is 15.0. The SMILES string of the molecule is c1ccc2ncc(CNC(CC3CCCCC3)C3CCCN3)cc2c1. The monoisotopic (exact) mass is 337 g/mol. The number of benzene rings is 1. The van der Waals surface area contributed by atoms with Crippen molar-refractivity contribution in [2.75, 3.05) is 6.54 Å². The maximum absolute atomic E-state index is 4.62. The largest absolute Gasteiger partial charge is 0.312 e. The smallest absolute Gasteiger partial charge is 0.0702 e. The number of fused-ring (bicyclic) bond motifs is 1. The van der Waals surface area contributed by atoms with Crippen LogP contribution < -0.4 is 10.6 Å². The first-order chi connectivity index (χ1) is 12.4. The Balaban J connectivity index is 1.41. The lowest BCUT2D eigenvalue weighted by molar-refractivity contribution is 0.268. The van der Waals surface area contributed by atoms with Crippen molar-refractivity contribution in [1.82, 2.24) is 15.6 Å². The molecule has 25 heavy (non-hydrogen) atoms. The average Bonchev–Trinajstić information content (AvgIpc) is 3.20. The Hall–Kier alpha value is -1.45. The fourth-order valence-corrected chi connectivity index (χ4v) is 4.69. The zero-order valence-corrected chi connectivity index (χ0v) is 15.2. The molecule has 2 N–H and O–H groups in total. The summed E-state index contributed by atoms with van der Waals surface area (Å²) in [4.78, 5) is 4.62. The van der Waals surface area contributed by atoms with Gasteiger partial charge in [0.2, 0.25) is 0 Å². The van der Waals surface area contributed by atoms with Crippen molar-refractivity contribution in [3.63, 3.8) is 0 Å². The minimum Gasteiger partial charge on any atom is -0.312 e. The van der Waals surface area contributed by atoms with E-state index in [1.807, 2.05) is 6.20 Å². The number of pyridine rings is 1. The minimum atomic E-state index is 0.595. The van der Waals surface area contributed by atoms with Crippen LogP contribution in [0.5, 0.6) is 0 Å². The van der Waals surface area contributed by atoms with Crippen molar-refractivity contribution in [1.29, 1.82) is 0 Å². The fraction of sp³-hybridized carbons (Fsp3) is 0.591. The molecule has 2 fully saturated rings. The lowest BCUT2D eigenvalue weighted by atomic mass is 9.83. The van der Waals surface area contributed by atoms with Crippen molar-refractivity contribution < 1.29 is 0 Å². The van der Waals surface area contributed by atoms with Crippen LogP contribution in [-0.2, 0) is 6.54 Å². The van der Waals surface area contributed by atoms with Gasteiger partial charge in [-0.3, -0.25) is 4.98 Å². The van der Waals surface area contributed by atoms with E-state index >= 15 is 0 Å². The Morgan fingerprint density at radius 2 is 1.96 bits per heavy atom. The number of hydrogen-bond donors (Lipinski definition) is 2. The zero-order chi connectivity index (χ0) is 16.9. The van der Waals surface area contributed by atoms with E-state index in [1.165, 1.54) is 68.9 Å². The van der Waals surface area contributed by atoms with Crippen LogP contribution in [0.3, 0.4) is 0 Å². The van der Waals surface area contributed by atoms with Gasteiger partial charge < -0.3 is 10.6 Å². The summed E-state index contributed by atoms with van der Waals surface area (Å²) in [5.41, 5.74) is 2.38. The van der Waals surface area contributed by atoms with Gasteiger partial charge >= 0.3 is 0 Å². The summed E-state index contributed by atoms with van der Waals surface area (Å²) in [6, 6.07) is 11.9. The third-order valence-corrected chi connectivity index (χ3v) is 6.11. The standard InChI is InChI=1S/C22H31N3/c1-2-7-17(8-3-1)14-22(21-11-6-12-23-21)25-16-18-13-19-9-4-5-10-20(19)24-15-18/h4-5,9-10,13,15,17,21-23,25H,1-3,6-8,11-12,14,16H2. The Bertz CT molecular complexity index is 672. The highest BCUT2D eigenvalue weighted by Crippen LogP contribution is 2.29. The maximum Gasteiger partial charge on any atom is 0.0702 e. The van der Waals surface area contributed by atoms with E-state index in [9.17, 15) is 0 Å². The second-order valence-corrected chi connectivity index (χ2v) is 7.97. The summed E-state index contributed by atoms with van der Waals surface area (Å²) in [5, 5.41) is 8.86. The normalized spacial score (nSPS) is 23.1. The second kappa shape index (κ2) is 8.29. The number of aromatic nitrogens is 1. The van der Waals surface area contributed by atoms with Crippen LogP contribution in [0.25, 0.3) is 10.9 Å². The van der Waals surface area contributed by atoms with E-state index in [0.29, 0.717) is 12.1 Å². The Morgan fingerprint density at radius 3 is 2.80 bits per heavy atom. The first-order valence-electron chi connectivity index (χ1n) is 10.2. The molecule has 3 nitrogen and oxygen atoms in total. The molecule has 2 aromatic rings. The van der Waals surface area contributed by atoms with Gasteiger partial charge in [0.25, 0.3) is 0 Å². The van der Waals surface area contributed by atoms with E-state index < -0.39 is 0 Å². The van der Waals surface area contributed by atoms with E-state index in [0.717, 1.165) is 18.0 Å². The van der Waals surface area contributed by atoms with Gasteiger partial charge in [0.15, 0.2) is 0 Å². The van der Waals surface area contributed by atoms with Gasteiger partial charge in [0, 0.05) is 30.2 Å². The van der Waals surface area contributed by atoms with E-state index in [1.54, 1.807) is 0 Å². The molecule has 2 atom stereocenters. The highest BCUT2D eigenvalue weighted by Gasteiger charge is 2.27. The summed E-state index contributed by atoms with van der Waals surface area (Å²) in [5.74, 6) is 0.920. The van der Waals surface area contributed by atoms with Crippen LogP contribution in [0.1, 0.15) is 56.9 Å². The molecule has 2 aliphatic rings. The van der Waals surface area contributed by atoms with Crippen molar-refractivity contribution in [2.24, 2.45) is 5.92 Å². The summed E-state index contributed by atoms with van der Waals surface area (Å²) in [6.07, 6.45) is 13.2. The van der Waals surface area contributed by atoms with Crippen molar-refractivity contribution in [2.45, 2.75) is 70.0 Å². The van der Waals surface area contributed by atoms with Crippen molar-refractivity contribution in [3.05, 3.63) is 42.1 Å². The molecule has 0 amide bonds. The molecule has 3 heteroatoms. The summed E-state index contributed by atoms with van der Waals surface area (Å²) < 4.78 is 0. The fourth-order valence-electron chi connectivity index (χ4n) is 4.69. The van der Waals surface area contributed by atoms with Gasteiger partial charge in [0.05, 0.1) is 5.52 Å². The maximum atomic E-state index is 4.62. The Kier molecular flexibility index (Phi) is 5.63. The van der Waals surface area contributed by atoms with Gasteiger partial charge in [-0.1, -0.05) is 50.3 Å². The summed E-state index contributed by atoms with van der Waals surface area (Å²) in [7, 11) is 0. The van der Waals surface area contributed by atoms with Crippen LogP contribution in [0, 0.1) is 5.92 Å². The molecule has 1 aliphatic heterocycles. The molecule has 1 aromatic carbocycles. The number of nitrogens with zero attached hydrogens (tertiary/aromatic N) is 1. The van der Waals surface area contributed by atoms with Crippen LogP contribution in [0.4, 0.5) is 0 Å². The number of rotatable bonds is 6.